The number of carbonyl (C=O) groups excluding carboxylic acids is 2. The summed E-state index contributed by atoms with van der Waals surface area (Å²) in [7, 11) is -0.607. The van der Waals surface area contributed by atoms with Crippen molar-refractivity contribution in [2.45, 2.75) is 90.4 Å². The fraction of sp³-hybridized carbons (Fsp3) is 0.594. The summed E-state index contributed by atoms with van der Waals surface area (Å²) in [6.45, 7) is 11.1. The highest BCUT2D eigenvalue weighted by Gasteiger charge is 2.68. The van der Waals surface area contributed by atoms with Crippen LogP contribution in [-0.2, 0) is 14.1 Å². The summed E-state index contributed by atoms with van der Waals surface area (Å²) in [5.41, 5.74) is 2.82. The van der Waals surface area contributed by atoms with Crippen LogP contribution in [0.5, 0.6) is 0 Å². The fourth-order valence-corrected chi connectivity index (χ4v) is 7.55. The Morgan fingerprint density at radius 2 is 1.83 bits per heavy atom. The van der Waals surface area contributed by atoms with Crippen LogP contribution in [0.4, 0.5) is 0 Å². The van der Waals surface area contributed by atoms with Crippen LogP contribution >= 0.6 is 0 Å². The number of aromatic nitrogens is 1. The van der Waals surface area contributed by atoms with Gasteiger partial charge in [0.15, 0.2) is 5.03 Å². The highest BCUT2D eigenvalue weighted by molar-refractivity contribution is 6.48. The Bertz CT molecular complexity index is 1420. The van der Waals surface area contributed by atoms with E-state index in [1.165, 1.54) is 0 Å². The lowest BCUT2D eigenvalue weighted by atomic mass is 9.43. The van der Waals surface area contributed by atoms with Gasteiger partial charge in [-0.3, -0.25) is 15.0 Å². The third-order valence-electron chi connectivity index (χ3n) is 10.2. The molecule has 6 atom stereocenters. The van der Waals surface area contributed by atoms with Crippen LogP contribution < -0.4 is 21.4 Å². The van der Waals surface area contributed by atoms with Crippen molar-refractivity contribution in [2.75, 3.05) is 6.54 Å². The Morgan fingerprint density at radius 1 is 1.13 bits per heavy atom. The van der Waals surface area contributed by atoms with E-state index in [4.69, 9.17) is 14.7 Å². The maximum atomic E-state index is 13.9. The van der Waals surface area contributed by atoms with Crippen LogP contribution in [0.25, 0.3) is 5.69 Å². The molecule has 1 aromatic heterocycles. The van der Waals surface area contributed by atoms with E-state index in [1.807, 2.05) is 41.2 Å². The largest absolute Gasteiger partial charge is 0.481 e. The first-order valence-electron chi connectivity index (χ1n) is 16.2. The zero-order chi connectivity index (χ0) is 33.2. The number of benzene rings is 1. The SMILES string of the molecule is CC(C)C[C@H](NC(=O)[C@H](CCCNC(=N)N[N+](=O)[O-])NC(=O)c1ccc(-n2cccc2)cc1)B1O[C@@H]2C[C@@H]3C[C@@H](C3(C)C)[C@]2(C)O1. The van der Waals surface area contributed by atoms with Crippen LogP contribution in [0, 0.1) is 38.7 Å². The fourth-order valence-electron chi connectivity index (χ4n) is 7.55. The summed E-state index contributed by atoms with van der Waals surface area (Å²) in [4.78, 5) is 37.9. The summed E-state index contributed by atoms with van der Waals surface area (Å²) >= 11 is 0. The van der Waals surface area contributed by atoms with Crippen LogP contribution in [-0.4, -0.2) is 64.7 Å². The second-order valence-corrected chi connectivity index (χ2v) is 14.1. The van der Waals surface area contributed by atoms with E-state index in [0.29, 0.717) is 30.2 Å². The molecule has 5 N–H and O–H groups in total. The highest BCUT2D eigenvalue weighted by atomic mass is 16.7. The molecule has 1 aliphatic heterocycles. The normalized spacial score (nSPS) is 25.5. The maximum absolute atomic E-state index is 13.9. The average Bonchev–Trinajstić information content (AvgIpc) is 3.65. The molecule has 46 heavy (non-hydrogen) atoms. The van der Waals surface area contributed by atoms with Crippen molar-refractivity contribution in [3.05, 3.63) is 64.5 Å². The van der Waals surface area contributed by atoms with Gasteiger partial charge in [-0.15, -0.1) is 0 Å². The molecule has 2 bridgehead atoms. The molecule has 0 spiro atoms. The highest BCUT2D eigenvalue weighted by Crippen LogP contribution is 2.65. The molecule has 248 valence electrons. The van der Waals surface area contributed by atoms with Crippen LogP contribution in [0.15, 0.2) is 48.8 Å². The topological polar surface area (TPSA) is 173 Å². The Morgan fingerprint density at radius 3 is 2.46 bits per heavy atom. The molecule has 2 amide bonds. The predicted octanol–water partition coefficient (Wildman–Crippen LogP) is 3.46. The molecule has 13 nitrogen and oxygen atoms in total. The molecule has 0 unspecified atom stereocenters. The van der Waals surface area contributed by atoms with Gasteiger partial charge in [-0.2, -0.15) is 0 Å². The summed E-state index contributed by atoms with van der Waals surface area (Å²) in [6, 6.07) is 10.0. The quantitative estimate of drug-likeness (QED) is 0.0556. The number of rotatable bonds is 13. The number of nitro groups is 1. The van der Waals surface area contributed by atoms with E-state index in [1.54, 1.807) is 17.6 Å². The molecule has 4 aliphatic rings. The van der Waals surface area contributed by atoms with Crippen molar-refractivity contribution < 1.29 is 23.9 Å². The molecule has 0 radical (unpaired) electrons. The standard InChI is InChI=1S/C32H46BN7O6/c1-20(2)17-27(33-45-26-19-22-18-25(31(22,3)4)32(26,5)46-33)37-29(42)24(9-8-14-35-30(34)38-40(43)44)36-28(41)21-10-12-23(13-11-21)39-15-6-7-16-39/h6-7,10-13,15-16,20,22,24-27H,8-9,14,17-19H2,1-5H3,(H,36,41)(H,37,42)(H3,34,35,38)/t22-,24-,25-,26+,27-,32-/m0/s1. The van der Waals surface area contributed by atoms with Gasteiger partial charge in [0, 0.05) is 30.2 Å². The second-order valence-electron chi connectivity index (χ2n) is 14.1. The third-order valence-corrected chi connectivity index (χ3v) is 10.2. The number of nitrogens with zero attached hydrogens (tertiary/aromatic N) is 2. The minimum atomic E-state index is -0.906. The lowest BCUT2D eigenvalue weighted by Gasteiger charge is -2.64. The van der Waals surface area contributed by atoms with Crippen molar-refractivity contribution in [2.24, 2.45) is 23.2 Å². The number of hydrogen-bond acceptors (Lipinski definition) is 7. The maximum Gasteiger partial charge on any atom is 0.481 e. The zero-order valence-electron chi connectivity index (χ0n) is 27.2. The molecule has 14 heteroatoms. The van der Waals surface area contributed by atoms with Gasteiger partial charge in [0.25, 0.3) is 11.9 Å². The van der Waals surface area contributed by atoms with Crippen molar-refractivity contribution in [1.82, 2.24) is 25.9 Å². The molecule has 2 aromatic rings. The van der Waals surface area contributed by atoms with Crippen LogP contribution in [0.1, 0.15) is 77.1 Å². The predicted molar refractivity (Wildman–Crippen MR) is 174 cm³/mol. The first-order valence-corrected chi connectivity index (χ1v) is 16.2. The molecule has 6 rings (SSSR count). The van der Waals surface area contributed by atoms with E-state index in [9.17, 15) is 19.7 Å². The Hall–Kier alpha value is -3.91. The van der Waals surface area contributed by atoms with Gasteiger partial charge < -0.3 is 29.8 Å². The van der Waals surface area contributed by atoms with Crippen LogP contribution in [0.2, 0.25) is 0 Å². The van der Waals surface area contributed by atoms with Gasteiger partial charge in [-0.05, 0) is 98.6 Å². The van der Waals surface area contributed by atoms with Crippen LogP contribution in [0.3, 0.4) is 0 Å². The Balaban J connectivity index is 1.28. The van der Waals surface area contributed by atoms with Gasteiger partial charge in [0.05, 0.1) is 17.6 Å². The van der Waals surface area contributed by atoms with Gasteiger partial charge in [-0.25, -0.2) is 10.1 Å². The number of carbonyl (C=O) groups is 2. The van der Waals surface area contributed by atoms with E-state index in [-0.39, 0.29) is 36.3 Å². The molecule has 1 aromatic carbocycles. The van der Waals surface area contributed by atoms with Crippen molar-refractivity contribution >= 4 is 24.9 Å². The monoisotopic (exact) mass is 635 g/mol. The molecule has 3 aliphatic carbocycles. The van der Waals surface area contributed by atoms with E-state index < -0.39 is 41.6 Å². The number of nitrogens with one attached hydrogen (secondary N) is 5. The molecule has 4 fully saturated rings. The smallest absolute Gasteiger partial charge is 0.404 e. The van der Waals surface area contributed by atoms with E-state index >= 15 is 0 Å². The summed E-state index contributed by atoms with van der Waals surface area (Å²) in [6.07, 6.45) is 7.08. The molecule has 3 saturated carbocycles. The summed E-state index contributed by atoms with van der Waals surface area (Å²) in [5, 5.41) is 26.1. The number of hydrazine groups is 1. The van der Waals surface area contributed by atoms with Gasteiger partial charge in [-0.1, -0.05) is 33.1 Å². The Kier molecular flexibility index (Phi) is 9.78. The van der Waals surface area contributed by atoms with Gasteiger partial charge in [0.1, 0.15) is 6.04 Å². The number of amides is 2. The third kappa shape index (κ3) is 7.07. The average molecular weight is 636 g/mol. The minimum Gasteiger partial charge on any atom is -0.404 e. The summed E-state index contributed by atoms with van der Waals surface area (Å²) < 4.78 is 15.2. The lowest BCUT2D eigenvalue weighted by Crippen LogP contribution is -2.65. The number of hydrogen-bond donors (Lipinski definition) is 5. The van der Waals surface area contributed by atoms with Gasteiger partial charge >= 0.3 is 7.12 Å². The van der Waals surface area contributed by atoms with E-state index in [2.05, 4.69) is 50.6 Å². The minimum absolute atomic E-state index is 0.0278. The van der Waals surface area contributed by atoms with E-state index in [0.717, 1.165) is 18.5 Å². The Labute approximate surface area is 270 Å². The lowest BCUT2D eigenvalue weighted by molar-refractivity contribution is -0.525. The first kappa shape index (κ1) is 33.5. The number of guanidine groups is 1. The molecular weight excluding hydrogens is 589 g/mol. The zero-order valence-corrected chi connectivity index (χ0v) is 27.2. The van der Waals surface area contributed by atoms with Gasteiger partial charge in [0.2, 0.25) is 5.91 Å². The molecule has 2 heterocycles. The molecular formula is C32H46BN7O6. The first-order chi connectivity index (χ1) is 21.8. The molecule has 1 saturated heterocycles. The summed E-state index contributed by atoms with van der Waals surface area (Å²) in [5.74, 6) is -0.413. The second kappa shape index (κ2) is 13.4. The van der Waals surface area contributed by atoms with Crippen molar-refractivity contribution in [1.29, 1.82) is 5.41 Å². The van der Waals surface area contributed by atoms with Crippen molar-refractivity contribution in [3.8, 4) is 5.69 Å². The van der Waals surface area contributed by atoms with Crippen molar-refractivity contribution in [3.63, 3.8) is 0 Å².